The predicted molar refractivity (Wildman–Crippen MR) is 74.2 cm³/mol. The van der Waals surface area contributed by atoms with Gasteiger partial charge < -0.3 is 10.0 Å². The van der Waals surface area contributed by atoms with Gasteiger partial charge in [-0.05, 0) is 43.1 Å². The molecule has 1 aliphatic rings. The van der Waals surface area contributed by atoms with Gasteiger partial charge in [-0.2, -0.15) is 0 Å². The van der Waals surface area contributed by atoms with Crippen LogP contribution in [0, 0.1) is 10.8 Å². The highest BCUT2D eigenvalue weighted by molar-refractivity contribution is 4.88. The maximum Gasteiger partial charge on any atom is 0.0600 e. The molecule has 102 valence electrons. The molecule has 0 spiro atoms. The van der Waals surface area contributed by atoms with Crippen molar-refractivity contribution in [3.05, 3.63) is 0 Å². The minimum absolute atomic E-state index is 0.0202. The summed E-state index contributed by atoms with van der Waals surface area (Å²) in [5, 5.41) is 10.1. The quantitative estimate of drug-likeness (QED) is 0.798. The van der Waals surface area contributed by atoms with Crippen molar-refractivity contribution in [2.75, 3.05) is 19.6 Å². The molecule has 1 fully saturated rings. The van der Waals surface area contributed by atoms with Crippen LogP contribution in [0.25, 0.3) is 0 Å². The molecule has 0 aromatic rings. The molecule has 17 heavy (non-hydrogen) atoms. The Morgan fingerprint density at radius 3 is 2.24 bits per heavy atom. The molecule has 1 rings (SSSR count). The smallest absolute Gasteiger partial charge is 0.0600 e. The summed E-state index contributed by atoms with van der Waals surface area (Å²) < 4.78 is 0. The van der Waals surface area contributed by atoms with Crippen LogP contribution in [-0.4, -0.2) is 35.7 Å². The SMILES string of the molecule is CCC1(CC)CCN(CCC(O)C(C)(C)C)C1. The van der Waals surface area contributed by atoms with Gasteiger partial charge in [0.1, 0.15) is 0 Å². The zero-order valence-electron chi connectivity index (χ0n) is 12.4. The zero-order valence-corrected chi connectivity index (χ0v) is 12.4. The Kier molecular flexibility index (Phi) is 5.03. The molecule has 1 heterocycles. The van der Waals surface area contributed by atoms with Gasteiger partial charge in [-0.15, -0.1) is 0 Å². The van der Waals surface area contributed by atoms with E-state index in [1.54, 1.807) is 0 Å². The first kappa shape index (κ1) is 15.0. The van der Waals surface area contributed by atoms with Crippen molar-refractivity contribution in [1.82, 2.24) is 4.90 Å². The molecule has 2 heteroatoms. The van der Waals surface area contributed by atoms with Crippen LogP contribution in [0.1, 0.15) is 60.3 Å². The molecule has 1 atom stereocenters. The lowest BCUT2D eigenvalue weighted by Crippen LogP contribution is -2.33. The van der Waals surface area contributed by atoms with Crippen LogP contribution < -0.4 is 0 Å². The number of hydrogen-bond acceptors (Lipinski definition) is 2. The maximum absolute atomic E-state index is 10.1. The highest BCUT2D eigenvalue weighted by Crippen LogP contribution is 2.37. The Balaban J connectivity index is 2.36. The van der Waals surface area contributed by atoms with E-state index in [-0.39, 0.29) is 11.5 Å². The van der Waals surface area contributed by atoms with Gasteiger partial charge in [-0.25, -0.2) is 0 Å². The topological polar surface area (TPSA) is 23.5 Å². The molecule has 0 amide bonds. The van der Waals surface area contributed by atoms with E-state index in [1.165, 1.54) is 32.4 Å². The third-order valence-corrected chi connectivity index (χ3v) is 4.74. The first-order valence-electron chi connectivity index (χ1n) is 7.23. The summed E-state index contributed by atoms with van der Waals surface area (Å²) in [7, 11) is 0. The van der Waals surface area contributed by atoms with Gasteiger partial charge in [-0.3, -0.25) is 0 Å². The fourth-order valence-corrected chi connectivity index (χ4v) is 2.78. The van der Waals surface area contributed by atoms with E-state index in [1.807, 2.05) is 0 Å². The van der Waals surface area contributed by atoms with Crippen LogP contribution in [0.15, 0.2) is 0 Å². The first-order chi connectivity index (χ1) is 7.83. The minimum atomic E-state index is -0.180. The number of nitrogens with zero attached hydrogens (tertiary/aromatic N) is 1. The van der Waals surface area contributed by atoms with Crippen molar-refractivity contribution < 1.29 is 5.11 Å². The maximum atomic E-state index is 10.1. The van der Waals surface area contributed by atoms with Gasteiger partial charge in [0, 0.05) is 13.1 Å². The molecular weight excluding hydrogens is 210 g/mol. The molecule has 0 saturated carbocycles. The Bertz CT molecular complexity index is 228. The number of aliphatic hydroxyl groups excluding tert-OH is 1. The van der Waals surface area contributed by atoms with Gasteiger partial charge in [-0.1, -0.05) is 34.6 Å². The van der Waals surface area contributed by atoms with Crippen molar-refractivity contribution in [2.24, 2.45) is 10.8 Å². The van der Waals surface area contributed by atoms with Crippen LogP contribution in [0.3, 0.4) is 0 Å². The molecule has 2 nitrogen and oxygen atoms in total. The Labute approximate surface area is 107 Å². The van der Waals surface area contributed by atoms with Crippen molar-refractivity contribution in [1.29, 1.82) is 0 Å². The summed E-state index contributed by atoms with van der Waals surface area (Å²) in [5.41, 5.74) is 0.582. The monoisotopic (exact) mass is 241 g/mol. The van der Waals surface area contributed by atoms with Crippen molar-refractivity contribution in [3.63, 3.8) is 0 Å². The second kappa shape index (κ2) is 5.71. The minimum Gasteiger partial charge on any atom is -0.393 e. The first-order valence-corrected chi connectivity index (χ1v) is 7.23. The van der Waals surface area contributed by atoms with Crippen LogP contribution in [0.2, 0.25) is 0 Å². The van der Waals surface area contributed by atoms with Crippen LogP contribution in [0.4, 0.5) is 0 Å². The molecule has 1 unspecified atom stereocenters. The van der Waals surface area contributed by atoms with Crippen LogP contribution in [0.5, 0.6) is 0 Å². The summed E-state index contributed by atoms with van der Waals surface area (Å²) in [5.74, 6) is 0. The average molecular weight is 241 g/mol. The Hall–Kier alpha value is -0.0800. The van der Waals surface area contributed by atoms with Gasteiger partial charge in [0.15, 0.2) is 0 Å². The molecular formula is C15H31NO. The lowest BCUT2D eigenvalue weighted by atomic mass is 9.82. The van der Waals surface area contributed by atoms with E-state index in [0.29, 0.717) is 5.41 Å². The molecule has 0 aliphatic carbocycles. The third-order valence-electron chi connectivity index (χ3n) is 4.74. The fraction of sp³-hybridized carbons (Fsp3) is 1.00. The van der Waals surface area contributed by atoms with Gasteiger partial charge in [0.05, 0.1) is 6.10 Å². The molecule has 1 N–H and O–H groups in total. The normalized spacial score (nSPS) is 22.9. The molecule has 0 aromatic heterocycles. The predicted octanol–water partition coefficient (Wildman–Crippen LogP) is 3.30. The second-order valence-corrected chi connectivity index (χ2v) is 6.90. The number of hydrogen-bond donors (Lipinski definition) is 1. The van der Waals surface area contributed by atoms with Gasteiger partial charge in [0.2, 0.25) is 0 Å². The molecule has 0 aromatic carbocycles. The summed E-state index contributed by atoms with van der Waals surface area (Å²) in [6.07, 6.45) is 4.66. The Morgan fingerprint density at radius 2 is 1.82 bits per heavy atom. The lowest BCUT2D eigenvalue weighted by molar-refractivity contribution is 0.0466. The van der Waals surface area contributed by atoms with E-state index in [4.69, 9.17) is 0 Å². The largest absolute Gasteiger partial charge is 0.393 e. The molecule has 0 bridgehead atoms. The van der Waals surface area contributed by atoms with Crippen molar-refractivity contribution >= 4 is 0 Å². The molecule has 0 radical (unpaired) electrons. The summed E-state index contributed by atoms with van der Waals surface area (Å²) in [6, 6.07) is 0. The fourth-order valence-electron chi connectivity index (χ4n) is 2.78. The highest BCUT2D eigenvalue weighted by Gasteiger charge is 2.35. The van der Waals surface area contributed by atoms with Crippen molar-refractivity contribution in [3.8, 4) is 0 Å². The van der Waals surface area contributed by atoms with Gasteiger partial charge >= 0.3 is 0 Å². The summed E-state index contributed by atoms with van der Waals surface area (Å²) >= 11 is 0. The van der Waals surface area contributed by atoms with Crippen molar-refractivity contribution in [2.45, 2.75) is 66.4 Å². The van der Waals surface area contributed by atoms with Crippen LogP contribution in [-0.2, 0) is 0 Å². The van der Waals surface area contributed by atoms with Crippen LogP contribution >= 0.6 is 0 Å². The van der Waals surface area contributed by atoms with Gasteiger partial charge in [0.25, 0.3) is 0 Å². The summed E-state index contributed by atoms with van der Waals surface area (Å²) in [6.45, 7) is 14.5. The molecule has 1 saturated heterocycles. The van der Waals surface area contributed by atoms with E-state index < -0.39 is 0 Å². The number of aliphatic hydroxyl groups is 1. The van der Waals surface area contributed by atoms with E-state index in [0.717, 1.165) is 13.0 Å². The average Bonchev–Trinajstić information content (AvgIpc) is 2.69. The third kappa shape index (κ3) is 3.96. The molecule has 1 aliphatic heterocycles. The standard InChI is InChI=1S/C15H31NO/c1-6-15(7-2)9-11-16(12-15)10-8-13(17)14(3,4)5/h13,17H,6-12H2,1-5H3. The van der Waals surface area contributed by atoms with E-state index in [9.17, 15) is 5.11 Å². The van der Waals surface area contributed by atoms with E-state index >= 15 is 0 Å². The highest BCUT2D eigenvalue weighted by atomic mass is 16.3. The van der Waals surface area contributed by atoms with E-state index in [2.05, 4.69) is 39.5 Å². The zero-order chi connectivity index (χ0) is 13.1. The Morgan fingerprint density at radius 1 is 1.24 bits per heavy atom. The number of likely N-dealkylation sites (tertiary alicyclic amines) is 1. The second-order valence-electron chi connectivity index (χ2n) is 6.90. The lowest BCUT2D eigenvalue weighted by Gasteiger charge is -2.29. The number of rotatable bonds is 5. The summed E-state index contributed by atoms with van der Waals surface area (Å²) in [4.78, 5) is 2.54.